The van der Waals surface area contributed by atoms with Crippen LogP contribution in [0, 0.1) is 6.92 Å². The molecule has 3 heterocycles. The summed E-state index contributed by atoms with van der Waals surface area (Å²) in [7, 11) is 1.69. The first-order valence-electron chi connectivity index (χ1n) is 11.1. The third kappa shape index (κ3) is 4.21. The lowest BCUT2D eigenvalue weighted by Crippen LogP contribution is -2.18. The van der Waals surface area contributed by atoms with Gasteiger partial charge in [0, 0.05) is 18.7 Å². The Hall–Kier alpha value is -3.67. The molecule has 0 amide bonds. The van der Waals surface area contributed by atoms with Gasteiger partial charge in [-0.15, -0.1) is 0 Å². The quantitative estimate of drug-likeness (QED) is 0.433. The minimum atomic E-state index is 0.416. The van der Waals surface area contributed by atoms with Crippen molar-refractivity contribution in [2.45, 2.75) is 38.6 Å². The molecular weight excluding hydrogens is 398 g/mol. The number of fused-ring (bicyclic) bond motifs is 1. The van der Waals surface area contributed by atoms with Crippen molar-refractivity contribution in [1.29, 1.82) is 0 Å². The molecule has 0 saturated heterocycles. The lowest BCUT2D eigenvalue weighted by atomic mass is 9.92. The van der Waals surface area contributed by atoms with E-state index in [-0.39, 0.29) is 0 Å². The summed E-state index contributed by atoms with van der Waals surface area (Å²) >= 11 is 0. The zero-order valence-corrected chi connectivity index (χ0v) is 18.5. The number of imidazole rings is 1. The molecule has 0 aliphatic carbocycles. The van der Waals surface area contributed by atoms with Gasteiger partial charge in [-0.1, -0.05) is 42.5 Å². The van der Waals surface area contributed by atoms with E-state index >= 15 is 0 Å². The molecule has 0 N–H and O–H groups in total. The molecule has 32 heavy (non-hydrogen) atoms. The fourth-order valence-corrected chi connectivity index (χ4v) is 4.35. The lowest BCUT2D eigenvalue weighted by Gasteiger charge is -2.22. The normalized spacial score (nSPS) is 15.8. The summed E-state index contributed by atoms with van der Waals surface area (Å²) in [6, 6.07) is 16.8. The Morgan fingerprint density at radius 1 is 1.12 bits per heavy atom. The van der Waals surface area contributed by atoms with Crippen LogP contribution >= 0.6 is 0 Å². The van der Waals surface area contributed by atoms with Crippen LogP contribution in [0.4, 0.5) is 0 Å². The number of ether oxygens (including phenoxy) is 1. The number of methoxy groups -OCH3 is 1. The molecule has 162 valence electrons. The second kappa shape index (κ2) is 8.83. The lowest BCUT2D eigenvalue weighted by molar-refractivity contribution is 0.413. The zero-order chi connectivity index (χ0) is 21.9. The van der Waals surface area contributed by atoms with Crippen molar-refractivity contribution in [3.63, 3.8) is 0 Å². The van der Waals surface area contributed by atoms with Crippen molar-refractivity contribution < 1.29 is 4.74 Å². The summed E-state index contributed by atoms with van der Waals surface area (Å²) in [6.07, 6.45) is 11.1. The molecule has 6 heteroatoms. The van der Waals surface area contributed by atoms with Gasteiger partial charge < -0.3 is 9.30 Å². The maximum absolute atomic E-state index is 5.62. The molecule has 1 aliphatic rings. The van der Waals surface area contributed by atoms with Gasteiger partial charge in [0.05, 0.1) is 24.8 Å². The van der Waals surface area contributed by atoms with Gasteiger partial charge in [0.1, 0.15) is 11.6 Å². The highest BCUT2D eigenvalue weighted by Gasteiger charge is 2.24. The third-order valence-electron chi connectivity index (χ3n) is 5.95. The predicted molar refractivity (Wildman–Crippen MR) is 126 cm³/mol. The van der Waals surface area contributed by atoms with Crippen LogP contribution in [0.2, 0.25) is 0 Å². The first kappa shape index (κ1) is 20.2. The maximum Gasteiger partial charge on any atom is 0.174 e. The van der Waals surface area contributed by atoms with Crippen LogP contribution in [0.1, 0.15) is 47.2 Å². The number of benzene rings is 2. The van der Waals surface area contributed by atoms with Gasteiger partial charge in [0.15, 0.2) is 5.82 Å². The molecule has 4 aromatic rings. The monoisotopic (exact) mass is 425 g/mol. The number of nitrogens with zero attached hydrogens (tertiary/aromatic N) is 5. The average molecular weight is 426 g/mol. The predicted octanol–water partition coefficient (Wildman–Crippen LogP) is 5.07. The van der Waals surface area contributed by atoms with Crippen LogP contribution < -0.4 is 4.74 Å². The molecule has 0 bridgehead atoms. The minimum absolute atomic E-state index is 0.416. The highest BCUT2D eigenvalue weighted by atomic mass is 16.5. The molecule has 6 nitrogen and oxygen atoms in total. The van der Waals surface area contributed by atoms with Crippen molar-refractivity contribution >= 4 is 12.2 Å². The SMILES string of the molecule is COc1cc(C=Cc2nc3n(n2)CCC[C@H]3Cc2ccccc2)ccc1-n1cnc(C)c1. The second-order valence-electron chi connectivity index (χ2n) is 8.27. The number of rotatable bonds is 6. The standard InChI is InChI=1S/C26H27N5O/c1-19-17-30(18-27-19)23-12-10-21(16-24(23)32-2)11-13-25-28-26-22(9-6-14-31(26)29-25)15-20-7-4-3-5-8-20/h3-5,7-8,10-13,16-18,22H,6,9,14-15H2,1-2H3/t22-/m0/s1. The van der Waals surface area contributed by atoms with Crippen molar-refractivity contribution in [2.75, 3.05) is 7.11 Å². The average Bonchev–Trinajstić information content (AvgIpc) is 3.44. The summed E-state index contributed by atoms with van der Waals surface area (Å²) in [5.41, 5.74) is 4.32. The number of hydrogen-bond acceptors (Lipinski definition) is 4. The van der Waals surface area contributed by atoms with E-state index in [2.05, 4.69) is 46.1 Å². The largest absolute Gasteiger partial charge is 0.495 e. The molecule has 1 atom stereocenters. The van der Waals surface area contributed by atoms with Crippen molar-refractivity contribution in [1.82, 2.24) is 24.3 Å². The van der Waals surface area contributed by atoms with Crippen LogP contribution in [0.5, 0.6) is 5.75 Å². The highest BCUT2D eigenvalue weighted by Crippen LogP contribution is 2.30. The van der Waals surface area contributed by atoms with Gasteiger partial charge in [0.25, 0.3) is 0 Å². The van der Waals surface area contributed by atoms with Crippen molar-refractivity contribution in [3.8, 4) is 11.4 Å². The first-order chi connectivity index (χ1) is 15.7. The van der Waals surface area contributed by atoms with Crippen molar-refractivity contribution in [2.24, 2.45) is 0 Å². The molecule has 0 unspecified atom stereocenters. The topological polar surface area (TPSA) is 57.8 Å². The van der Waals surface area contributed by atoms with E-state index in [9.17, 15) is 0 Å². The van der Waals surface area contributed by atoms with E-state index in [0.717, 1.165) is 60.2 Å². The Balaban J connectivity index is 1.36. The molecule has 0 saturated carbocycles. The molecule has 5 rings (SSSR count). The fourth-order valence-electron chi connectivity index (χ4n) is 4.35. The van der Waals surface area contributed by atoms with Gasteiger partial charge in [-0.3, -0.25) is 0 Å². The van der Waals surface area contributed by atoms with Gasteiger partial charge >= 0.3 is 0 Å². The second-order valence-corrected chi connectivity index (χ2v) is 8.27. The molecule has 0 spiro atoms. The van der Waals surface area contributed by atoms with Crippen LogP contribution in [-0.4, -0.2) is 31.4 Å². The molecule has 2 aromatic heterocycles. The Labute approximate surface area is 188 Å². The molecule has 2 aromatic carbocycles. The van der Waals surface area contributed by atoms with Gasteiger partial charge in [-0.05, 0) is 55.5 Å². The highest BCUT2D eigenvalue weighted by molar-refractivity contribution is 5.69. The van der Waals surface area contributed by atoms with Crippen LogP contribution in [0.25, 0.3) is 17.8 Å². The van der Waals surface area contributed by atoms with Gasteiger partial charge in [0.2, 0.25) is 0 Å². The van der Waals surface area contributed by atoms with Crippen LogP contribution in [0.15, 0.2) is 61.1 Å². The van der Waals surface area contributed by atoms with E-state index in [1.54, 1.807) is 13.4 Å². The summed E-state index contributed by atoms with van der Waals surface area (Å²) in [5.74, 6) is 3.07. The number of aryl methyl sites for hydroxylation is 2. The van der Waals surface area contributed by atoms with E-state index in [4.69, 9.17) is 14.8 Å². The fraction of sp³-hybridized carbons (Fsp3) is 0.269. The van der Waals surface area contributed by atoms with Crippen LogP contribution in [-0.2, 0) is 13.0 Å². The Kier molecular flexibility index (Phi) is 5.58. The number of aromatic nitrogens is 5. The molecule has 0 radical (unpaired) electrons. The minimum Gasteiger partial charge on any atom is -0.495 e. The van der Waals surface area contributed by atoms with E-state index in [1.807, 2.05) is 42.0 Å². The summed E-state index contributed by atoms with van der Waals surface area (Å²) in [4.78, 5) is 9.18. The third-order valence-corrected chi connectivity index (χ3v) is 5.95. The van der Waals surface area contributed by atoms with E-state index in [1.165, 1.54) is 5.56 Å². The molecule has 1 aliphatic heterocycles. The van der Waals surface area contributed by atoms with Gasteiger partial charge in [-0.25, -0.2) is 14.6 Å². The maximum atomic E-state index is 5.62. The first-order valence-corrected chi connectivity index (χ1v) is 11.1. The molecule has 0 fully saturated rings. The Bertz CT molecular complexity index is 1240. The number of hydrogen-bond donors (Lipinski definition) is 0. The van der Waals surface area contributed by atoms with E-state index in [0.29, 0.717) is 5.92 Å². The van der Waals surface area contributed by atoms with Gasteiger partial charge in [-0.2, -0.15) is 5.10 Å². The molecular formula is C26H27N5O. The smallest absolute Gasteiger partial charge is 0.174 e. The Morgan fingerprint density at radius 2 is 2.00 bits per heavy atom. The van der Waals surface area contributed by atoms with Crippen molar-refractivity contribution in [3.05, 3.63) is 89.5 Å². The summed E-state index contributed by atoms with van der Waals surface area (Å²) < 4.78 is 9.68. The van der Waals surface area contributed by atoms with E-state index < -0.39 is 0 Å². The zero-order valence-electron chi connectivity index (χ0n) is 18.5. The Morgan fingerprint density at radius 3 is 2.78 bits per heavy atom. The van der Waals surface area contributed by atoms with Crippen LogP contribution in [0.3, 0.4) is 0 Å². The summed E-state index contributed by atoms with van der Waals surface area (Å²) in [5, 5.41) is 4.74. The summed E-state index contributed by atoms with van der Waals surface area (Å²) in [6.45, 7) is 2.91.